The molecule has 35 heavy (non-hydrogen) atoms. The molecule has 2 heterocycles. The predicted molar refractivity (Wildman–Crippen MR) is 133 cm³/mol. The van der Waals surface area contributed by atoms with Crippen LogP contribution in [0.2, 0.25) is 0 Å². The van der Waals surface area contributed by atoms with Crippen molar-refractivity contribution in [1.82, 2.24) is 20.4 Å². The summed E-state index contributed by atoms with van der Waals surface area (Å²) in [4.78, 5) is 40.4. The van der Waals surface area contributed by atoms with Crippen LogP contribution in [0.1, 0.15) is 32.8 Å². The van der Waals surface area contributed by atoms with E-state index in [1.165, 1.54) is 0 Å². The van der Waals surface area contributed by atoms with Gasteiger partial charge in [-0.15, -0.1) is 0 Å². The van der Waals surface area contributed by atoms with E-state index in [4.69, 9.17) is 4.74 Å². The fourth-order valence-electron chi connectivity index (χ4n) is 4.16. The van der Waals surface area contributed by atoms with E-state index in [0.29, 0.717) is 31.6 Å². The van der Waals surface area contributed by atoms with Crippen molar-refractivity contribution in [2.24, 2.45) is 5.92 Å². The number of hydrogen-bond donors (Lipinski definition) is 3. The summed E-state index contributed by atoms with van der Waals surface area (Å²) in [5, 5.41) is 13.5. The zero-order chi connectivity index (χ0) is 25.0. The third-order valence-corrected chi connectivity index (χ3v) is 5.85. The van der Waals surface area contributed by atoms with Gasteiger partial charge in [0.25, 0.3) is 0 Å². The van der Waals surface area contributed by atoms with E-state index in [-0.39, 0.29) is 17.7 Å². The lowest BCUT2D eigenvalue weighted by Crippen LogP contribution is -2.50. The Morgan fingerprint density at radius 1 is 1.17 bits per heavy atom. The van der Waals surface area contributed by atoms with Gasteiger partial charge in [0.1, 0.15) is 11.6 Å². The molecule has 4 rings (SSSR count). The fourth-order valence-corrected chi connectivity index (χ4v) is 4.16. The lowest BCUT2D eigenvalue weighted by atomic mass is 10.0. The van der Waals surface area contributed by atoms with Crippen LogP contribution in [0.4, 0.5) is 10.5 Å². The largest absolute Gasteiger partial charge is 0.444 e. The monoisotopic (exact) mass is 477 g/mol. The maximum absolute atomic E-state index is 13.4. The molecule has 1 saturated heterocycles. The number of aromatic amines is 1. The van der Waals surface area contributed by atoms with Gasteiger partial charge in [-0.2, -0.15) is 5.10 Å². The molecule has 1 unspecified atom stereocenters. The summed E-state index contributed by atoms with van der Waals surface area (Å²) in [5.41, 5.74) is 1.82. The van der Waals surface area contributed by atoms with Crippen molar-refractivity contribution in [3.05, 3.63) is 60.3 Å². The van der Waals surface area contributed by atoms with Crippen molar-refractivity contribution in [3.63, 3.8) is 0 Å². The Kier molecular flexibility index (Phi) is 7.04. The lowest BCUT2D eigenvalue weighted by Gasteiger charge is -2.26. The van der Waals surface area contributed by atoms with Gasteiger partial charge < -0.3 is 20.3 Å². The van der Waals surface area contributed by atoms with Gasteiger partial charge in [0, 0.05) is 30.6 Å². The van der Waals surface area contributed by atoms with Gasteiger partial charge in [-0.3, -0.25) is 14.7 Å². The van der Waals surface area contributed by atoms with Crippen molar-refractivity contribution in [2.45, 2.75) is 45.3 Å². The molecule has 184 valence electrons. The molecular formula is C26H31N5O4. The Bertz CT molecular complexity index is 1200. The van der Waals surface area contributed by atoms with Gasteiger partial charge in [-0.1, -0.05) is 30.3 Å². The maximum atomic E-state index is 13.4. The number of fused-ring (bicyclic) bond motifs is 1. The third kappa shape index (κ3) is 6.38. The van der Waals surface area contributed by atoms with Crippen LogP contribution in [0.5, 0.6) is 0 Å². The Balaban J connectivity index is 1.40. The minimum atomic E-state index is -0.794. The number of ether oxygens (including phenoxy) is 1. The van der Waals surface area contributed by atoms with Crippen LogP contribution in [0.25, 0.3) is 10.9 Å². The molecule has 9 nitrogen and oxygen atoms in total. The molecule has 1 fully saturated rings. The molecule has 1 aliphatic rings. The van der Waals surface area contributed by atoms with Crippen molar-refractivity contribution in [1.29, 1.82) is 0 Å². The Labute approximate surface area is 204 Å². The molecule has 0 radical (unpaired) electrons. The minimum Gasteiger partial charge on any atom is -0.444 e. The van der Waals surface area contributed by atoms with Crippen molar-refractivity contribution in [2.75, 3.05) is 18.4 Å². The second-order valence-electron chi connectivity index (χ2n) is 9.82. The summed E-state index contributed by atoms with van der Waals surface area (Å²) in [5.74, 6) is -0.699. The van der Waals surface area contributed by atoms with Gasteiger partial charge in [0.15, 0.2) is 0 Å². The average molecular weight is 478 g/mol. The number of carbonyl (C=O) groups excluding carboxylic acids is 3. The van der Waals surface area contributed by atoms with E-state index >= 15 is 0 Å². The maximum Gasteiger partial charge on any atom is 0.408 e. The number of likely N-dealkylation sites (tertiary alicyclic amines) is 1. The minimum absolute atomic E-state index is 0.136. The van der Waals surface area contributed by atoms with Crippen molar-refractivity contribution < 1.29 is 19.1 Å². The number of nitrogens with zero attached hydrogens (tertiary/aromatic N) is 2. The summed E-state index contributed by atoms with van der Waals surface area (Å²) >= 11 is 0. The Hall–Kier alpha value is -3.88. The Morgan fingerprint density at radius 3 is 2.69 bits per heavy atom. The second kappa shape index (κ2) is 10.2. The number of rotatable bonds is 6. The zero-order valence-corrected chi connectivity index (χ0v) is 20.2. The molecule has 1 aromatic heterocycles. The van der Waals surface area contributed by atoms with E-state index in [2.05, 4.69) is 20.8 Å². The lowest BCUT2D eigenvalue weighted by molar-refractivity contribution is -0.132. The molecule has 1 aliphatic heterocycles. The smallest absolute Gasteiger partial charge is 0.408 e. The molecular weight excluding hydrogens is 446 g/mol. The number of H-pyrrole nitrogens is 1. The third-order valence-electron chi connectivity index (χ3n) is 5.85. The van der Waals surface area contributed by atoms with E-state index < -0.39 is 17.7 Å². The van der Waals surface area contributed by atoms with Crippen LogP contribution in [0, 0.1) is 5.92 Å². The number of hydrogen-bond acceptors (Lipinski definition) is 5. The number of amides is 3. The van der Waals surface area contributed by atoms with Crippen molar-refractivity contribution in [3.8, 4) is 0 Å². The second-order valence-corrected chi connectivity index (χ2v) is 9.82. The van der Waals surface area contributed by atoms with Crippen LogP contribution in [0.3, 0.4) is 0 Å². The molecule has 0 saturated carbocycles. The number of alkyl carbamates (subject to hydrolysis) is 1. The summed E-state index contributed by atoms with van der Waals surface area (Å²) in [7, 11) is 0. The van der Waals surface area contributed by atoms with Crippen LogP contribution in [-0.2, 0) is 20.7 Å². The van der Waals surface area contributed by atoms with E-state index in [1.54, 1.807) is 31.9 Å². The van der Waals surface area contributed by atoms with E-state index in [0.717, 1.165) is 16.5 Å². The van der Waals surface area contributed by atoms with Gasteiger partial charge in [-0.25, -0.2) is 4.79 Å². The zero-order valence-electron chi connectivity index (χ0n) is 20.2. The molecule has 0 spiro atoms. The topological polar surface area (TPSA) is 116 Å². The molecule has 3 aromatic rings. The number of anilines is 1. The summed E-state index contributed by atoms with van der Waals surface area (Å²) in [6.45, 7) is 6.05. The van der Waals surface area contributed by atoms with E-state index in [1.807, 2.05) is 48.5 Å². The number of aromatic nitrogens is 2. The SMILES string of the molecule is CC(C)(C)OC(=O)N[C@H](Cc1ccccc1)C(=O)N1CCC(C(=O)Nc2ccc3[nH]ncc3c2)C1. The van der Waals surface area contributed by atoms with Crippen LogP contribution in [-0.4, -0.2) is 57.7 Å². The van der Waals surface area contributed by atoms with Crippen LogP contribution in [0.15, 0.2) is 54.7 Å². The van der Waals surface area contributed by atoms with Crippen LogP contribution >= 0.6 is 0 Å². The van der Waals surface area contributed by atoms with Gasteiger partial charge in [-0.05, 0) is 51.0 Å². The van der Waals surface area contributed by atoms with Gasteiger partial charge >= 0.3 is 6.09 Å². The summed E-state index contributed by atoms with van der Waals surface area (Å²) < 4.78 is 5.38. The highest BCUT2D eigenvalue weighted by molar-refractivity contribution is 5.96. The van der Waals surface area contributed by atoms with Gasteiger partial charge in [0.2, 0.25) is 11.8 Å². The molecule has 9 heteroatoms. The first-order chi connectivity index (χ1) is 16.7. The van der Waals surface area contributed by atoms with Crippen LogP contribution < -0.4 is 10.6 Å². The summed E-state index contributed by atoms with van der Waals surface area (Å²) in [6.07, 6.45) is 1.94. The first kappa shape index (κ1) is 24.3. The average Bonchev–Trinajstić information content (AvgIpc) is 3.47. The summed E-state index contributed by atoms with van der Waals surface area (Å²) in [6, 6.07) is 14.2. The number of nitrogens with one attached hydrogen (secondary N) is 3. The Morgan fingerprint density at radius 2 is 1.94 bits per heavy atom. The molecule has 2 atom stereocenters. The first-order valence-corrected chi connectivity index (χ1v) is 11.7. The molecule has 3 amide bonds. The molecule has 3 N–H and O–H groups in total. The first-order valence-electron chi connectivity index (χ1n) is 11.7. The standard InChI is InChI=1S/C26H31N5O4/c1-26(2,3)35-25(34)29-22(13-17-7-5-4-6-8-17)24(33)31-12-11-18(16-31)23(32)28-20-9-10-21-19(14-20)15-27-30-21/h4-10,14-15,18,22H,11-13,16H2,1-3H3,(H,27,30)(H,28,32)(H,29,34)/t18?,22-/m1/s1. The highest BCUT2D eigenvalue weighted by atomic mass is 16.6. The molecule has 0 aliphatic carbocycles. The molecule has 2 aromatic carbocycles. The number of benzene rings is 2. The quantitative estimate of drug-likeness (QED) is 0.503. The predicted octanol–water partition coefficient (Wildman–Crippen LogP) is 3.49. The fraction of sp³-hybridized carbons (Fsp3) is 0.385. The highest BCUT2D eigenvalue weighted by Gasteiger charge is 2.35. The number of carbonyl (C=O) groups is 3. The highest BCUT2D eigenvalue weighted by Crippen LogP contribution is 2.22. The van der Waals surface area contributed by atoms with Crippen molar-refractivity contribution >= 4 is 34.5 Å². The normalized spacial score (nSPS) is 16.7. The van der Waals surface area contributed by atoms with E-state index in [9.17, 15) is 14.4 Å². The molecule has 0 bridgehead atoms. The van der Waals surface area contributed by atoms with Gasteiger partial charge in [0.05, 0.1) is 17.6 Å².